The minimum Gasteiger partial charge on any atom is -0.462 e. The molecular formula is C20H20N4O2S. The molecule has 138 valence electrons. The minimum atomic E-state index is -0.551. The number of rotatable bonds is 5. The summed E-state index contributed by atoms with van der Waals surface area (Å²) >= 11 is 1.31. The van der Waals surface area contributed by atoms with Crippen LogP contribution in [0.4, 0.5) is 5.69 Å². The summed E-state index contributed by atoms with van der Waals surface area (Å²) in [5.74, 6) is -0.0148. The van der Waals surface area contributed by atoms with Crippen LogP contribution in [0.1, 0.15) is 12.5 Å². The van der Waals surface area contributed by atoms with Crippen LogP contribution in [0.2, 0.25) is 0 Å². The van der Waals surface area contributed by atoms with Gasteiger partial charge in [0.1, 0.15) is 16.4 Å². The second-order valence-corrected chi connectivity index (χ2v) is 6.38. The number of nitrogens with zero attached hydrogens (tertiary/aromatic N) is 2. The highest BCUT2D eigenvalue weighted by atomic mass is 32.2. The van der Waals surface area contributed by atoms with E-state index in [4.69, 9.17) is 10.1 Å². The number of para-hydroxylation sites is 1. The number of amidine groups is 2. The molecule has 1 aliphatic rings. The second-order valence-electron chi connectivity index (χ2n) is 5.56. The summed E-state index contributed by atoms with van der Waals surface area (Å²) in [5.41, 5.74) is 4.66. The van der Waals surface area contributed by atoms with E-state index in [0.29, 0.717) is 10.9 Å². The monoisotopic (exact) mass is 380 g/mol. The van der Waals surface area contributed by atoms with Gasteiger partial charge >= 0.3 is 5.97 Å². The summed E-state index contributed by atoms with van der Waals surface area (Å²) in [7, 11) is 0. The van der Waals surface area contributed by atoms with Crippen molar-refractivity contribution < 1.29 is 9.53 Å². The van der Waals surface area contributed by atoms with Gasteiger partial charge in [0.15, 0.2) is 5.84 Å². The lowest BCUT2D eigenvalue weighted by Gasteiger charge is -2.25. The van der Waals surface area contributed by atoms with Crippen molar-refractivity contribution in [3.8, 4) is 0 Å². The average Bonchev–Trinajstić information content (AvgIpc) is 2.85. The lowest BCUT2D eigenvalue weighted by atomic mass is 10.1. The van der Waals surface area contributed by atoms with E-state index in [2.05, 4.69) is 10.5 Å². The number of hydrogen-bond donors (Lipinski definition) is 2. The van der Waals surface area contributed by atoms with Crippen LogP contribution in [0.15, 0.2) is 76.4 Å². The summed E-state index contributed by atoms with van der Waals surface area (Å²) in [5, 5.41) is 13.8. The molecule has 0 aliphatic carbocycles. The quantitative estimate of drug-likeness (QED) is 0.776. The standard InChI is InChI=1S/C20H20N4O2S/c1-3-26-20(25)16-17(21)24(15-12-8-5-9-13-15)18(22-23-19(16)27-2)14-10-6-4-7-11-14/h4-13,21,23H,3H2,1-2H3. The van der Waals surface area contributed by atoms with Crippen molar-refractivity contribution in [3.05, 3.63) is 76.8 Å². The summed E-state index contributed by atoms with van der Waals surface area (Å²) in [6.07, 6.45) is 1.82. The van der Waals surface area contributed by atoms with Crippen molar-refractivity contribution in [1.82, 2.24) is 5.43 Å². The molecule has 1 heterocycles. The Kier molecular flexibility index (Phi) is 5.93. The van der Waals surface area contributed by atoms with E-state index in [1.165, 1.54) is 11.8 Å². The van der Waals surface area contributed by atoms with Crippen LogP contribution in [-0.2, 0) is 9.53 Å². The van der Waals surface area contributed by atoms with Gasteiger partial charge in [-0.05, 0) is 25.3 Å². The summed E-state index contributed by atoms with van der Waals surface area (Å²) in [4.78, 5) is 14.2. The Hall–Kier alpha value is -3.06. The molecule has 0 amide bonds. The first kappa shape index (κ1) is 18.7. The Bertz CT molecular complexity index is 895. The van der Waals surface area contributed by atoms with Gasteiger partial charge in [-0.1, -0.05) is 48.5 Å². The van der Waals surface area contributed by atoms with Crippen molar-refractivity contribution in [2.24, 2.45) is 5.10 Å². The van der Waals surface area contributed by atoms with Crippen molar-refractivity contribution in [1.29, 1.82) is 5.41 Å². The number of hydrazone groups is 1. The molecule has 1 aliphatic heterocycles. The Morgan fingerprint density at radius 2 is 1.78 bits per heavy atom. The SMILES string of the molecule is CCOC(=O)C1=C(SC)NN=C(c2ccccc2)N(c2ccccc2)C1=N. The van der Waals surface area contributed by atoms with Crippen LogP contribution in [-0.4, -0.2) is 30.5 Å². The molecule has 0 fully saturated rings. The van der Waals surface area contributed by atoms with Crippen LogP contribution in [0.25, 0.3) is 0 Å². The van der Waals surface area contributed by atoms with Crippen molar-refractivity contribution in [3.63, 3.8) is 0 Å². The van der Waals surface area contributed by atoms with Crippen molar-refractivity contribution in [2.75, 3.05) is 17.8 Å². The molecule has 2 aromatic rings. The zero-order valence-corrected chi connectivity index (χ0v) is 15.9. The molecule has 27 heavy (non-hydrogen) atoms. The molecule has 0 atom stereocenters. The fourth-order valence-electron chi connectivity index (χ4n) is 2.68. The number of carbonyl (C=O) groups excluding carboxylic acids is 1. The lowest BCUT2D eigenvalue weighted by Crippen LogP contribution is -2.39. The van der Waals surface area contributed by atoms with Gasteiger partial charge in [-0.15, -0.1) is 11.8 Å². The molecule has 2 aromatic carbocycles. The topological polar surface area (TPSA) is 77.8 Å². The number of hydrogen-bond acceptors (Lipinski definition) is 6. The highest BCUT2D eigenvalue weighted by Crippen LogP contribution is 2.26. The van der Waals surface area contributed by atoms with E-state index in [-0.39, 0.29) is 18.0 Å². The molecule has 0 spiro atoms. The third-order valence-electron chi connectivity index (χ3n) is 3.89. The molecule has 0 aromatic heterocycles. The first-order chi connectivity index (χ1) is 13.2. The lowest BCUT2D eigenvalue weighted by molar-refractivity contribution is -0.137. The van der Waals surface area contributed by atoms with Crippen LogP contribution in [0.5, 0.6) is 0 Å². The molecule has 3 rings (SSSR count). The molecule has 0 saturated heterocycles. The van der Waals surface area contributed by atoms with Crippen LogP contribution in [0, 0.1) is 5.41 Å². The molecular weight excluding hydrogens is 360 g/mol. The molecule has 7 heteroatoms. The molecule has 6 nitrogen and oxygen atoms in total. The van der Waals surface area contributed by atoms with Gasteiger partial charge in [-0.25, -0.2) is 4.79 Å². The second kappa shape index (κ2) is 8.55. The van der Waals surface area contributed by atoms with E-state index in [1.54, 1.807) is 11.8 Å². The van der Waals surface area contributed by atoms with Gasteiger partial charge in [-0.2, -0.15) is 5.10 Å². The van der Waals surface area contributed by atoms with Gasteiger partial charge in [-0.3, -0.25) is 15.7 Å². The smallest absolute Gasteiger partial charge is 0.344 e. The number of thioether (sulfide) groups is 1. The number of anilines is 1. The normalized spacial score (nSPS) is 14.4. The average molecular weight is 380 g/mol. The summed E-state index contributed by atoms with van der Waals surface area (Å²) < 4.78 is 5.20. The Balaban J connectivity index is 2.17. The number of esters is 1. The molecule has 0 bridgehead atoms. The Morgan fingerprint density at radius 3 is 2.37 bits per heavy atom. The minimum absolute atomic E-state index is 0.0107. The molecule has 0 unspecified atom stereocenters. The maximum Gasteiger partial charge on any atom is 0.344 e. The van der Waals surface area contributed by atoms with Crippen molar-refractivity contribution in [2.45, 2.75) is 6.92 Å². The van der Waals surface area contributed by atoms with E-state index in [9.17, 15) is 4.79 Å². The van der Waals surface area contributed by atoms with Crippen LogP contribution >= 0.6 is 11.8 Å². The zero-order chi connectivity index (χ0) is 19.2. The maximum absolute atomic E-state index is 12.6. The Labute approximate surface area is 162 Å². The maximum atomic E-state index is 12.6. The van der Waals surface area contributed by atoms with E-state index in [0.717, 1.165) is 11.3 Å². The van der Waals surface area contributed by atoms with Gasteiger partial charge in [0, 0.05) is 11.3 Å². The zero-order valence-electron chi connectivity index (χ0n) is 15.1. The van der Waals surface area contributed by atoms with E-state index in [1.807, 2.05) is 66.9 Å². The first-order valence-electron chi connectivity index (χ1n) is 8.46. The predicted molar refractivity (Wildman–Crippen MR) is 110 cm³/mol. The van der Waals surface area contributed by atoms with E-state index < -0.39 is 5.97 Å². The number of ether oxygens (including phenoxy) is 1. The predicted octanol–water partition coefficient (Wildman–Crippen LogP) is 3.57. The number of nitrogens with one attached hydrogen (secondary N) is 2. The Morgan fingerprint density at radius 1 is 1.15 bits per heavy atom. The van der Waals surface area contributed by atoms with Gasteiger partial charge < -0.3 is 4.74 Å². The van der Waals surface area contributed by atoms with Gasteiger partial charge in [0.2, 0.25) is 0 Å². The summed E-state index contributed by atoms with van der Waals surface area (Å²) in [6.45, 7) is 1.97. The van der Waals surface area contributed by atoms with E-state index >= 15 is 0 Å². The number of benzene rings is 2. The van der Waals surface area contributed by atoms with Gasteiger partial charge in [0.05, 0.1) is 6.61 Å². The molecule has 0 radical (unpaired) electrons. The molecule has 0 saturated carbocycles. The number of carbonyl (C=O) groups is 1. The highest BCUT2D eigenvalue weighted by molar-refractivity contribution is 8.02. The van der Waals surface area contributed by atoms with Gasteiger partial charge in [0.25, 0.3) is 0 Å². The van der Waals surface area contributed by atoms with Crippen LogP contribution < -0.4 is 10.3 Å². The van der Waals surface area contributed by atoms with Crippen molar-refractivity contribution >= 4 is 35.1 Å². The largest absolute Gasteiger partial charge is 0.462 e. The fraction of sp³-hybridized carbons (Fsp3) is 0.150. The fourth-order valence-corrected chi connectivity index (χ4v) is 3.21. The molecule has 2 N–H and O–H groups in total. The third kappa shape index (κ3) is 3.88. The third-order valence-corrected chi connectivity index (χ3v) is 4.60. The summed E-state index contributed by atoms with van der Waals surface area (Å²) in [6, 6.07) is 19.0. The first-order valence-corrected chi connectivity index (χ1v) is 9.68. The van der Waals surface area contributed by atoms with Crippen LogP contribution in [0.3, 0.4) is 0 Å². The highest BCUT2D eigenvalue weighted by Gasteiger charge is 2.32.